The highest BCUT2D eigenvalue weighted by Crippen LogP contribution is 2.18. The number of rotatable bonds is 2. The second-order valence-electron chi connectivity index (χ2n) is 3.01. The van der Waals surface area contributed by atoms with E-state index in [1.807, 2.05) is 0 Å². The van der Waals surface area contributed by atoms with Gasteiger partial charge >= 0.3 is 0 Å². The third kappa shape index (κ3) is 1.83. The zero-order valence-electron chi connectivity index (χ0n) is 7.52. The molecule has 0 N–H and O–H groups in total. The minimum absolute atomic E-state index is 1.13. The summed E-state index contributed by atoms with van der Waals surface area (Å²) in [5.41, 5.74) is 2.86. The van der Waals surface area contributed by atoms with Crippen LogP contribution in [0.15, 0.2) is 24.3 Å². The van der Waals surface area contributed by atoms with E-state index in [1.165, 1.54) is 17.0 Å². The normalized spacial score (nSPS) is 10.5. The third-order valence-corrected chi connectivity index (χ3v) is 1.94. The van der Waals surface area contributed by atoms with Gasteiger partial charge in [0.15, 0.2) is 0 Å². The summed E-state index contributed by atoms with van der Waals surface area (Å²) in [5.74, 6) is 1.41. The Balaban J connectivity index is 3.02. The molecule has 0 bridgehead atoms. The van der Waals surface area contributed by atoms with E-state index in [0.29, 0.717) is 0 Å². The van der Waals surface area contributed by atoms with Crippen molar-refractivity contribution < 1.29 is 0 Å². The van der Waals surface area contributed by atoms with Crippen LogP contribution in [0, 0.1) is 5.92 Å². The van der Waals surface area contributed by atoms with Crippen LogP contribution < -0.4 is 0 Å². The number of hydrogen-bond acceptors (Lipinski definition) is 0. The van der Waals surface area contributed by atoms with E-state index in [2.05, 4.69) is 45.0 Å². The summed E-state index contributed by atoms with van der Waals surface area (Å²) >= 11 is 0. The van der Waals surface area contributed by atoms with Gasteiger partial charge in [0.25, 0.3) is 0 Å². The van der Waals surface area contributed by atoms with Gasteiger partial charge in [0, 0.05) is 0 Å². The summed E-state index contributed by atoms with van der Waals surface area (Å²) in [7, 11) is 0. The lowest BCUT2D eigenvalue weighted by atomic mass is 9.96. The third-order valence-electron chi connectivity index (χ3n) is 1.94. The first-order valence-corrected chi connectivity index (χ1v) is 4.14. The second-order valence-corrected chi connectivity index (χ2v) is 3.01. The smallest absolute Gasteiger partial charge is 0.000922 e. The maximum atomic E-state index is 2.20. The molecule has 0 spiro atoms. The molecular formula is C11H15. The maximum absolute atomic E-state index is 2.20. The Labute approximate surface area is 69.3 Å². The van der Waals surface area contributed by atoms with Crippen LogP contribution in [0.25, 0.3) is 0 Å². The standard InChI is InChI=1S/C11H15/c1-4-10-7-5-6-8-11(10)9(2)3/h5-8H,4H2,1-3H3. The zero-order valence-corrected chi connectivity index (χ0v) is 7.52. The van der Waals surface area contributed by atoms with Crippen LogP contribution in [0.2, 0.25) is 0 Å². The lowest BCUT2D eigenvalue weighted by Gasteiger charge is -2.09. The fourth-order valence-electron chi connectivity index (χ4n) is 1.32. The number of hydrogen-bond donors (Lipinski definition) is 0. The monoisotopic (exact) mass is 147 g/mol. The molecule has 0 nitrogen and oxygen atoms in total. The first kappa shape index (κ1) is 8.32. The van der Waals surface area contributed by atoms with Gasteiger partial charge in [-0.3, -0.25) is 0 Å². The summed E-state index contributed by atoms with van der Waals surface area (Å²) < 4.78 is 0. The molecule has 0 aliphatic heterocycles. The molecule has 1 aromatic rings. The summed E-state index contributed by atoms with van der Waals surface area (Å²) in [6, 6.07) is 8.59. The zero-order chi connectivity index (χ0) is 8.27. The van der Waals surface area contributed by atoms with Crippen molar-refractivity contribution in [2.75, 3.05) is 0 Å². The van der Waals surface area contributed by atoms with Crippen molar-refractivity contribution in [1.82, 2.24) is 0 Å². The van der Waals surface area contributed by atoms with E-state index in [-0.39, 0.29) is 0 Å². The van der Waals surface area contributed by atoms with Crippen LogP contribution in [0.3, 0.4) is 0 Å². The van der Waals surface area contributed by atoms with Crippen LogP contribution in [-0.4, -0.2) is 0 Å². The SMILES string of the molecule is CCc1ccccc1[C](C)C. The summed E-state index contributed by atoms with van der Waals surface area (Å²) in [6.45, 7) is 6.52. The quantitative estimate of drug-likeness (QED) is 0.602. The van der Waals surface area contributed by atoms with Crippen LogP contribution in [0.4, 0.5) is 0 Å². The summed E-state index contributed by atoms with van der Waals surface area (Å²) in [4.78, 5) is 0. The molecule has 0 saturated carbocycles. The molecule has 0 saturated heterocycles. The van der Waals surface area contributed by atoms with Crippen molar-refractivity contribution in [3.05, 3.63) is 41.3 Å². The van der Waals surface area contributed by atoms with Crippen molar-refractivity contribution >= 4 is 0 Å². The molecule has 1 radical (unpaired) electrons. The molecular weight excluding hydrogens is 132 g/mol. The Morgan fingerprint density at radius 1 is 1.18 bits per heavy atom. The summed E-state index contributed by atoms with van der Waals surface area (Å²) in [5, 5.41) is 0. The molecule has 0 atom stereocenters. The van der Waals surface area contributed by atoms with Crippen LogP contribution in [0.5, 0.6) is 0 Å². The molecule has 0 aromatic heterocycles. The lowest BCUT2D eigenvalue weighted by molar-refractivity contribution is 1.05. The van der Waals surface area contributed by atoms with E-state index >= 15 is 0 Å². The molecule has 0 heterocycles. The van der Waals surface area contributed by atoms with Gasteiger partial charge in [-0.05, 0) is 23.5 Å². The van der Waals surface area contributed by atoms with Crippen molar-refractivity contribution in [2.24, 2.45) is 0 Å². The Bertz CT molecular complexity index is 223. The van der Waals surface area contributed by atoms with E-state index in [9.17, 15) is 0 Å². The predicted octanol–water partition coefficient (Wildman–Crippen LogP) is 3.21. The maximum Gasteiger partial charge on any atom is -0.000922 e. The van der Waals surface area contributed by atoms with Crippen LogP contribution in [-0.2, 0) is 6.42 Å². The molecule has 0 aliphatic rings. The average molecular weight is 147 g/mol. The van der Waals surface area contributed by atoms with E-state index in [1.54, 1.807) is 0 Å². The van der Waals surface area contributed by atoms with Gasteiger partial charge in [-0.25, -0.2) is 0 Å². The molecule has 11 heavy (non-hydrogen) atoms. The largest absolute Gasteiger partial charge is 0.0620 e. The average Bonchev–Trinajstić information content (AvgIpc) is 2.04. The highest BCUT2D eigenvalue weighted by Gasteiger charge is 2.02. The molecule has 59 valence electrons. The molecule has 0 fully saturated rings. The second kappa shape index (κ2) is 3.56. The molecule has 0 amide bonds. The fraction of sp³-hybridized carbons (Fsp3) is 0.364. The Hall–Kier alpha value is -0.780. The lowest BCUT2D eigenvalue weighted by Crippen LogP contribution is -1.94. The number of aryl methyl sites for hydroxylation is 1. The molecule has 0 aliphatic carbocycles. The first-order valence-electron chi connectivity index (χ1n) is 4.14. The van der Waals surface area contributed by atoms with Gasteiger partial charge in [0.05, 0.1) is 0 Å². The topological polar surface area (TPSA) is 0 Å². The molecule has 0 heteroatoms. The highest BCUT2D eigenvalue weighted by molar-refractivity contribution is 5.36. The van der Waals surface area contributed by atoms with E-state index in [4.69, 9.17) is 0 Å². The van der Waals surface area contributed by atoms with Crippen LogP contribution in [0.1, 0.15) is 31.9 Å². The van der Waals surface area contributed by atoms with Gasteiger partial charge in [-0.2, -0.15) is 0 Å². The Kier molecular flexibility index (Phi) is 2.70. The molecule has 0 unspecified atom stereocenters. The van der Waals surface area contributed by atoms with Gasteiger partial charge in [-0.15, -0.1) is 0 Å². The van der Waals surface area contributed by atoms with Crippen molar-refractivity contribution in [3.63, 3.8) is 0 Å². The highest BCUT2D eigenvalue weighted by atomic mass is 14.1. The van der Waals surface area contributed by atoms with Crippen molar-refractivity contribution in [2.45, 2.75) is 27.2 Å². The van der Waals surface area contributed by atoms with Gasteiger partial charge in [-0.1, -0.05) is 45.0 Å². The van der Waals surface area contributed by atoms with Gasteiger partial charge in [0.1, 0.15) is 0 Å². The fourth-order valence-corrected chi connectivity index (χ4v) is 1.32. The molecule has 1 rings (SSSR count). The van der Waals surface area contributed by atoms with Crippen molar-refractivity contribution in [1.29, 1.82) is 0 Å². The van der Waals surface area contributed by atoms with Crippen LogP contribution >= 0.6 is 0 Å². The predicted molar refractivity (Wildman–Crippen MR) is 49.5 cm³/mol. The Morgan fingerprint density at radius 3 is 2.27 bits per heavy atom. The van der Waals surface area contributed by atoms with Gasteiger partial charge in [0.2, 0.25) is 0 Å². The minimum atomic E-state index is 1.13. The van der Waals surface area contributed by atoms with E-state index < -0.39 is 0 Å². The van der Waals surface area contributed by atoms with Crippen molar-refractivity contribution in [3.8, 4) is 0 Å². The number of benzene rings is 1. The Morgan fingerprint density at radius 2 is 1.82 bits per heavy atom. The van der Waals surface area contributed by atoms with E-state index in [0.717, 1.165) is 6.42 Å². The first-order chi connectivity index (χ1) is 5.25. The minimum Gasteiger partial charge on any atom is -0.0620 e. The summed E-state index contributed by atoms with van der Waals surface area (Å²) in [6.07, 6.45) is 1.13. The van der Waals surface area contributed by atoms with Gasteiger partial charge < -0.3 is 0 Å². The molecule has 1 aromatic carbocycles.